The van der Waals surface area contributed by atoms with E-state index < -0.39 is 0 Å². The third kappa shape index (κ3) is 3.50. The lowest BCUT2D eigenvalue weighted by Gasteiger charge is -2.19. The van der Waals surface area contributed by atoms with Gasteiger partial charge in [-0.05, 0) is 25.1 Å². The maximum absolute atomic E-state index is 12.7. The molecule has 0 aliphatic heterocycles. The van der Waals surface area contributed by atoms with Crippen molar-refractivity contribution in [3.63, 3.8) is 0 Å². The number of quaternary nitrogens is 1. The molecule has 1 aromatic heterocycles. The molecule has 120 valence electrons. The summed E-state index contributed by atoms with van der Waals surface area (Å²) in [7, 11) is 0. The number of nitrogens with two attached hydrogens (primary N) is 1. The van der Waals surface area contributed by atoms with Gasteiger partial charge in [-0.25, -0.2) is 4.98 Å². The molecule has 0 unspecified atom stereocenters. The number of hydrogen-bond acceptors (Lipinski definition) is 2. The highest BCUT2D eigenvalue weighted by Crippen LogP contribution is 2.18. The third-order valence-corrected chi connectivity index (χ3v) is 4.16. The second kappa shape index (κ2) is 7.25. The maximum atomic E-state index is 12.7. The van der Waals surface area contributed by atoms with Crippen LogP contribution >= 0.6 is 11.6 Å². The Labute approximate surface area is 136 Å². The van der Waals surface area contributed by atoms with E-state index >= 15 is 0 Å². The fraction of sp³-hybridized carbons (Fsp3) is 0.529. The summed E-state index contributed by atoms with van der Waals surface area (Å²) in [6, 6.07) is 5.48. The topological polar surface area (TPSA) is 51.5 Å². The summed E-state index contributed by atoms with van der Waals surface area (Å²) < 4.78 is 1.79. The van der Waals surface area contributed by atoms with Crippen molar-refractivity contribution in [1.82, 2.24) is 9.55 Å². The van der Waals surface area contributed by atoms with Crippen molar-refractivity contribution in [1.29, 1.82) is 0 Å². The first-order valence-electron chi connectivity index (χ1n) is 8.01. The van der Waals surface area contributed by atoms with Gasteiger partial charge in [-0.3, -0.25) is 9.36 Å². The average molecular weight is 323 g/mol. The number of fused-ring (bicyclic) bond motifs is 1. The summed E-state index contributed by atoms with van der Waals surface area (Å²) in [5.41, 5.74) is 0.712. The predicted molar refractivity (Wildman–Crippen MR) is 91.3 cm³/mol. The van der Waals surface area contributed by atoms with Gasteiger partial charge in [0, 0.05) is 23.9 Å². The number of benzene rings is 1. The maximum Gasteiger partial charge on any atom is 0.261 e. The molecule has 0 bridgehead atoms. The summed E-state index contributed by atoms with van der Waals surface area (Å²) in [6.07, 6.45) is 0.936. The smallest absolute Gasteiger partial charge is 0.261 e. The van der Waals surface area contributed by atoms with Crippen LogP contribution in [0.4, 0.5) is 0 Å². The Bertz CT molecular complexity index is 709. The lowest BCUT2D eigenvalue weighted by Crippen LogP contribution is -2.86. The van der Waals surface area contributed by atoms with Gasteiger partial charge in [-0.2, -0.15) is 0 Å². The first kappa shape index (κ1) is 17.0. The first-order valence-corrected chi connectivity index (χ1v) is 8.39. The van der Waals surface area contributed by atoms with E-state index in [2.05, 4.69) is 26.1 Å². The zero-order valence-electron chi connectivity index (χ0n) is 13.8. The molecule has 1 heterocycles. The van der Waals surface area contributed by atoms with Crippen LogP contribution in [0.2, 0.25) is 5.02 Å². The minimum absolute atomic E-state index is 0.0237. The van der Waals surface area contributed by atoms with Gasteiger partial charge >= 0.3 is 0 Å². The molecule has 0 aliphatic rings. The van der Waals surface area contributed by atoms with Gasteiger partial charge in [0.15, 0.2) is 5.82 Å². The van der Waals surface area contributed by atoms with Gasteiger partial charge in [0.1, 0.15) is 6.04 Å². The monoisotopic (exact) mass is 322 g/mol. The van der Waals surface area contributed by atoms with E-state index in [4.69, 9.17) is 16.6 Å². The molecule has 0 amide bonds. The quantitative estimate of drug-likeness (QED) is 0.889. The van der Waals surface area contributed by atoms with Crippen LogP contribution < -0.4 is 10.9 Å². The summed E-state index contributed by atoms with van der Waals surface area (Å²) in [5, 5.41) is 3.53. The van der Waals surface area contributed by atoms with Crippen molar-refractivity contribution in [2.45, 2.75) is 46.7 Å². The number of nitrogens with zero attached hydrogens (tertiary/aromatic N) is 2. The lowest BCUT2D eigenvalue weighted by atomic mass is 10.1. The van der Waals surface area contributed by atoms with Crippen LogP contribution in [0.15, 0.2) is 23.0 Å². The summed E-state index contributed by atoms with van der Waals surface area (Å²) in [6.45, 7) is 10.2. The molecular weight excluding hydrogens is 298 g/mol. The molecule has 2 N–H and O–H groups in total. The average Bonchev–Trinajstić information content (AvgIpc) is 2.47. The van der Waals surface area contributed by atoms with Gasteiger partial charge in [0.2, 0.25) is 0 Å². The first-order chi connectivity index (χ1) is 10.5. The largest absolute Gasteiger partial charge is 0.337 e. The van der Waals surface area contributed by atoms with Crippen molar-refractivity contribution in [3.05, 3.63) is 39.4 Å². The molecule has 0 saturated carbocycles. The van der Waals surface area contributed by atoms with Crippen LogP contribution in [-0.4, -0.2) is 16.1 Å². The van der Waals surface area contributed by atoms with Crippen LogP contribution in [0.25, 0.3) is 10.9 Å². The van der Waals surface area contributed by atoms with E-state index in [0.717, 1.165) is 18.8 Å². The zero-order valence-corrected chi connectivity index (χ0v) is 14.5. The van der Waals surface area contributed by atoms with Gasteiger partial charge in [0.05, 0.1) is 17.4 Å². The molecule has 1 aromatic carbocycles. The Morgan fingerprint density at radius 3 is 2.64 bits per heavy atom. The highest BCUT2D eigenvalue weighted by atomic mass is 35.5. The van der Waals surface area contributed by atoms with Crippen LogP contribution in [0.3, 0.4) is 0 Å². The van der Waals surface area contributed by atoms with Crippen molar-refractivity contribution < 1.29 is 5.32 Å². The molecule has 0 saturated heterocycles. The fourth-order valence-corrected chi connectivity index (χ4v) is 2.86. The SMILES string of the molecule is CC[C@@H]([NH2+]CC(C)C)c1nc2cc(Cl)ccc2c(=O)n1CC. The second-order valence-corrected chi connectivity index (χ2v) is 6.50. The summed E-state index contributed by atoms with van der Waals surface area (Å²) in [4.78, 5) is 17.5. The molecule has 1 atom stereocenters. The minimum atomic E-state index is 0.0237. The van der Waals surface area contributed by atoms with Crippen molar-refractivity contribution in [2.24, 2.45) is 5.92 Å². The highest BCUT2D eigenvalue weighted by molar-refractivity contribution is 6.31. The standard InChI is InChI=1S/C17H24ClN3O/c1-5-14(19-10-11(3)4)16-20-15-9-12(18)7-8-13(15)17(22)21(16)6-2/h7-9,11,14,19H,5-6,10H2,1-4H3/p+1/t14-/m1/s1. The number of halogens is 1. The molecule has 0 spiro atoms. The van der Waals surface area contributed by atoms with Crippen LogP contribution in [0.1, 0.15) is 46.0 Å². The number of hydrogen-bond donors (Lipinski definition) is 1. The molecule has 0 radical (unpaired) electrons. The molecular formula is C17H25ClN3O+. The number of aromatic nitrogens is 2. The number of rotatable bonds is 6. The van der Waals surface area contributed by atoms with Crippen LogP contribution in [-0.2, 0) is 6.54 Å². The molecule has 5 heteroatoms. The second-order valence-electron chi connectivity index (χ2n) is 6.06. The molecule has 0 aliphatic carbocycles. The van der Waals surface area contributed by atoms with E-state index in [0.29, 0.717) is 28.4 Å². The lowest BCUT2D eigenvalue weighted by molar-refractivity contribution is -0.702. The molecule has 22 heavy (non-hydrogen) atoms. The normalized spacial score (nSPS) is 13.0. The highest BCUT2D eigenvalue weighted by Gasteiger charge is 2.21. The van der Waals surface area contributed by atoms with Gasteiger partial charge in [-0.1, -0.05) is 32.4 Å². The van der Waals surface area contributed by atoms with E-state index in [9.17, 15) is 4.79 Å². The Morgan fingerprint density at radius 1 is 1.32 bits per heavy atom. The molecule has 4 nitrogen and oxygen atoms in total. The fourth-order valence-electron chi connectivity index (χ4n) is 2.69. The van der Waals surface area contributed by atoms with Crippen molar-refractivity contribution >= 4 is 22.5 Å². The van der Waals surface area contributed by atoms with Gasteiger partial charge in [-0.15, -0.1) is 0 Å². The van der Waals surface area contributed by atoms with Crippen LogP contribution in [0, 0.1) is 5.92 Å². The predicted octanol–water partition coefficient (Wildman–Crippen LogP) is 2.74. The molecule has 0 fully saturated rings. The minimum Gasteiger partial charge on any atom is -0.337 e. The summed E-state index contributed by atoms with van der Waals surface area (Å²) >= 11 is 6.06. The van der Waals surface area contributed by atoms with Gasteiger partial charge < -0.3 is 5.32 Å². The van der Waals surface area contributed by atoms with E-state index in [1.54, 1.807) is 22.8 Å². The third-order valence-electron chi connectivity index (χ3n) is 3.93. The van der Waals surface area contributed by atoms with E-state index in [1.165, 1.54) is 0 Å². The van der Waals surface area contributed by atoms with Gasteiger partial charge in [0.25, 0.3) is 5.56 Å². The van der Waals surface area contributed by atoms with Crippen molar-refractivity contribution in [2.75, 3.05) is 6.54 Å². The summed E-state index contributed by atoms with van der Waals surface area (Å²) in [5.74, 6) is 1.45. The zero-order chi connectivity index (χ0) is 16.3. The van der Waals surface area contributed by atoms with E-state index in [-0.39, 0.29) is 11.6 Å². The van der Waals surface area contributed by atoms with Crippen LogP contribution in [0.5, 0.6) is 0 Å². The van der Waals surface area contributed by atoms with E-state index in [1.807, 2.05) is 6.92 Å². The Hall–Kier alpha value is -1.39. The molecule has 2 rings (SSSR count). The van der Waals surface area contributed by atoms with Crippen molar-refractivity contribution in [3.8, 4) is 0 Å². The molecule has 2 aromatic rings. The Kier molecular flexibility index (Phi) is 5.59. The Morgan fingerprint density at radius 2 is 2.05 bits per heavy atom. The Balaban J connectivity index is 2.57.